The first-order valence-electron chi connectivity index (χ1n) is 11.3. The van der Waals surface area contributed by atoms with Crippen molar-refractivity contribution in [3.8, 4) is 5.75 Å². The zero-order valence-corrected chi connectivity index (χ0v) is 20.8. The van der Waals surface area contributed by atoms with E-state index in [1.54, 1.807) is 9.91 Å². The average Bonchev–Trinajstić information content (AvgIpc) is 3.06. The molecule has 0 aliphatic carbocycles. The molecule has 1 fully saturated rings. The van der Waals surface area contributed by atoms with Crippen molar-refractivity contribution in [2.75, 3.05) is 31.9 Å². The molecule has 1 amide bonds. The molecule has 1 aromatic heterocycles. The predicted octanol–water partition coefficient (Wildman–Crippen LogP) is 1.66. The molecule has 1 saturated heterocycles. The summed E-state index contributed by atoms with van der Waals surface area (Å²) >= 11 is -0.306. The van der Waals surface area contributed by atoms with Gasteiger partial charge in [0.15, 0.2) is 0 Å². The van der Waals surface area contributed by atoms with Crippen LogP contribution in [-0.4, -0.2) is 63.5 Å². The number of aromatic nitrogens is 1. The van der Waals surface area contributed by atoms with Crippen LogP contribution in [0, 0.1) is 17.5 Å². The third kappa shape index (κ3) is 3.30. The van der Waals surface area contributed by atoms with Gasteiger partial charge in [-0.25, -0.2) is 0 Å². The van der Waals surface area contributed by atoms with Crippen molar-refractivity contribution in [3.63, 3.8) is 0 Å². The van der Waals surface area contributed by atoms with Gasteiger partial charge in [0, 0.05) is 0 Å². The third-order valence-electron chi connectivity index (χ3n) is 6.79. The molecule has 0 bridgehead atoms. The number of halogens is 3. The maximum atomic E-state index is 15.7. The summed E-state index contributed by atoms with van der Waals surface area (Å²) in [6, 6.07) is 8.28. The van der Waals surface area contributed by atoms with E-state index in [4.69, 9.17) is 9.47 Å². The van der Waals surface area contributed by atoms with E-state index in [1.807, 2.05) is 24.3 Å². The monoisotopic (exact) mass is 563 g/mol. The van der Waals surface area contributed by atoms with Crippen molar-refractivity contribution in [3.05, 3.63) is 92.7 Å². The molecule has 0 saturated carbocycles. The fourth-order valence-corrected chi connectivity index (χ4v) is 7.55. The Morgan fingerprint density at radius 1 is 1.11 bits per heavy atom. The molecule has 3 aromatic rings. The van der Waals surface area contributed by atoms with Gasteiger partial charge in [-0.15, -0.1) is 0 Å². The molecule has 7 nitrogen and oxygen atoms in total. The Hall–Kier alpha value is -3.27. The number of morpholine rings is 1. The van der Waals surface area contributed by atoms with Gasteiger partial charge in [0.05, 0.1) is 0 Å². The van der Waals surface area contributed by atoms with Gasteiger partial charge < -0.3 is 0 Å². The van der Waals surface area contributed by atoms with Crippen LogP contribution in [0.25, 0.3) is 0 Å². The second-order valence-electron chi connectivity index (χ2n) is 8.62. The molecule has 4 heterocycles. The van der Waals surface area contributed by atoms with Crippen LogP contribution >= 0.6 is 0 Å². The molecule has 0 spiro atoms. The molecule has 186 valence electrons. The molecule has 0 radical (unpaired) electrons. The Bertz CT molecular complexity index is 1460. The number of carbonyl (C=O) groups excluding carboxylic acids is 1. The van der Waals surface area contributed by atoms with Crippen molar-refractivity contribution in [1.29, 1.82) is 0 Å². The van der Waals surface area contributed by atoms with E-state index in [2.05, 4.69) is 0 Å². The summed E-state index contributed by atoms with van der Waals surface area (Å²) in [6.45, 7) is 0.617. The van der Waals surface area contributed by atoms with E-state index in [0.717, 1.165) is 4.46 Å². The minimum absolute atomic E-state index is 0.00390. The number of hydrogen-bond acceptors (Lipinski definition) is 5. The number of pyridine rings is 1. The maximum absolute atomic E-state index is 15.7. The van der Waals surface area contributed by atoms with Gasteiger partial charge in [0.1, 0.15) is 0 Å². The third-order valence-corrected chi connectivity index (χ3v) is 9.14. The van der Waals surface area contributed by atoms with E-state index in [1.165, 1.54) is 24.0 Å². The SMILES string of the molecule is COc1c2n(ccc1=O)N([C@@H]1c3ccccc3[Se]Cc3c(F)c(F)cc(F)c31)[C@@H]1COCCN1C2=O. The Kier molecular flexibility index (Phi) is 5.59. The Morgan fingerprint density at radius 3 is 2.72 bits per heavy atom. The molecule has 0 N–H and O–H groups in total. The summed E-state index contributed by atoms with van der Waals surface area (Å²) in [5.41, 5.74) is 0.199. The van der Waals surface area contributed by atoms with Gasteiger partial charge >= 0.3 is 210 Å². The summed E-state index contributed by atoms with van der Waals surface area (Å²) in [5.74, 6) is -3.76. The second-order valence-corrected chi connectivity index (χ2v) is 10.8. The topological polar surface area (TPSA) is 64.0 Å². The van der Waals surface area contributed by atoms with Gasteiger partial charge in [0.2, 0.25) is 0 Å². The number of carbonyl (C=O) groups is 1. The molecule has 6 rings (SSSR count). The molecule has 2 aromatic carbocycles. The minimum atomic E-state index is -1.24. The number of nitrogens with zero attached hydrogens (tertiary/aromatic N) is 3. The summed E-state index contributed by atoms with van der Waals surface area (Å²) in [6.07, 6.45) is 0.732. The molecule has 36 heavy (non-hydrogen) atoms. The summed E-state index contributed by atoms with van der Waals surface area (Å²) in [7, 11) is 1.30. The molecule has 2 atom stereocenters. The van der Waals surface area contributed by atoms with Crippen LogP contribution in [0.5, 0.6) is 5.75 Å². The van der Waals surface area contributed by atoms with Gasteiger partial charge in [0.25, 0.3) is 0 Å². The second kappa shape index (κ2) is 8.69. The van der Waals surface area contributed by atoms with Crippen LogP contribution in [-0.2, 0) is 10.1 Å². The number of hydrogen-bond donors (Lipinski definition) is 0. The van der Waals surface area contributed by atoms with Crippen molar-refractivity contribution < 1.29 is 27.4 Å². The molecular weight excluding hydrogens is 542 g/mol. The molecule has 11 heteroatoms. The van der Waals surface area contributed by atoms with Crippen LogP contribution in [0.2, 0.25) is 0 Å². The summed E-state index contributed by atoms with van der Waals surface area (Å²) < 4.78 is 58.6. The van der Waals surface area contributed by atoms with Crippen LogP contribution in [0.3, 0.4) is 0 Å². The number of benzene rings is 2. The number of methoxy groups -OCH3 is 1. The van der Waals surface area contributed by atoms with Crippen molar-refractivity contribution in [2.24, 2.45) is 0 Å². The first-order valence-corrected chi connectivity index (χ1v) is 13.3. The van der Waals surface area contributed by atoms with Crippen molar-refractivity contribution >= 4 is 25.3 Å². The number of amides is 1. The van der Waals surface area contributed by atoms with E-state index in [9.17, 15) is 14.0 Å². The van der Waals surface area contributed by atoms with Gasteiger partial charge in [-0.2, -0.15) is 0 Å². The van der Waals surface area contributed by atoms with Crippen LogP contribution < -0.4 is 19.6 Å². The summed E-state index contributed by atoms with van der Waals surface area (Å²) in [5, 5.41) is 1.88. The fourth-order valence-electron chi connectivity index (χ4n) is 5.23. The standard InChI is InChI=1S/C25H20F3N3O4Se/c1-34-24-17(32)6-7-30-23(24)25(33)29-8-9-35-11-19(29)31(30)22-13-4-2-3-5-18(13)36-12-14-20(22)15(26)10-16(27)21(14)28/h2-7,10,19,22H,8-9,11-12H2,1H3/t19-,22-/m1/s1. The van der Waals surface area contributed by atoms with Crippen molar-refractivity contribution in [2.45, 2.75) is 17.5 Å². The normalized spacial score (nSPS) is 20.7. The van der Waals surface area contributed by atoms with Crippen LogP contribution in [0.1, 0.15) is 33.2 Å². The Balaban J connectivity index is 1.70. The molecule has 3 aliphatic rings. The zero-order chi connectivity index (χ0) is 25.1. The van der Waals surface area contributed by atoms with Gasteiger partial charge in [-0.05, 0) is 0 Å². The first kappa shape index (κ1) is 23.1. The van der Waals surface area contributed by atoms with Gasteiger partial charge in [-0.3, -0.25) is 0 Å². The molecule has 0 unspecified atom stereocenters. The van der Waals surface area contributed by atoms with E-state index < -0.39 is 41.0 Å². The molecular formula is C25H20F3N3O4Se. The van der Waals surface area contributed by atoms with Gasteiger partial charge in [-0.1, -0.05) is 0 Å². The van der Waals surface area contributed by atoms with E-state index in [-0.39, 0.29) is 62.6 Å². The van der Waals surface area contributed by atoms with E-state index >= 15 is 8.78 Å². The molecule has 3 aliphatic heterocycles. The number of fused-ring (bicyclic) bond motifs is 4. The summed E-state index contributed by atoms with van der Waals surface area (Å²) in [4.78, 5) is 27.7. The number of ether oxygens (including phenoxy) is 2. The van der Waals surface area contributed by atoms with Crippen LogP contribution in [0.4, 0.5) is 13.2 Å². The van der Waals surface area contributed by atoms with E-state index in [0.29, 0.717) is 11.6 Å². The Morgan fingerprint density at radius 2 is 1.92 bits per heavy atom. The average molecular weight is 562 g/mol. The fraction of sp³-hybridized carbons (Fsp3) is 0.280. The number of rotatable bonds is 2. The zero-order valence-electron chi connectivity index (χ0n) is 19.0. The first-order chi connectivity index (χ1) is 17.4. The van der Waals surface area contributed by atoms with Crippen LogP contribution in [0.15, 0.2) is 47.4 Å². The Labute approximate surface area is 210 Å². The quantitative estimate of drug-likeness (QED) is 0.352. The predicted molar refractivity (Wildman–Crippen MR) is 125 cm³/mol. The van der Waals surface area contributed by atoms with Crippen molar-refractivity contribution in [1.82, 2.24) is 9.58 Å².